The summed E-state index contributed by atoms with van der Waals surface area (Å²) >= 11 is 0. The molecule has 2 aliphatic rings. The lowest BCUT2D eigenvalue weighted by Crippen LogP contribution is -2.51. The molecule has 2 fully saturated rings. The summed E-state index contributed by atoms with van der Waals surface area (Å²) in [5.74, 6) is 1.19. The van der Waals surface area contributed by atoms with Crippen LogP contribution in [0.15, 0.2) is 54.6 Å². The van der Waals surface area contributed by atoms with Gasteiger partial charge < -0.3 is 14.4 Å². The number of para-hydroxylation sites is 1. The summed E-state index contributed by atoms with van der Waals surface area (Å²) in [7, 11) is 1.72. The van der Waals surface area contributed by atoms with Crippen LogP contribution in [0.5, 0.6) is 5.75 Å². The first kappa shape index (κ1) is 22.8. The third-order valence-electron chi connectivity index (χ3n) is 6.53. The highest BCUT2D eigenvalue weighted by Gasteiger charge is 2.26. The number of hydrogen-bond acceptors (Lipinski definition) is 5. The standard InChI is InChI=1S/C26H35N3O3/c1-31-25-10-6-5-9-23(25)19-28-15-17-29(18-16-28)26(30)20-27-13-11-24(12-14-27)32-21-22-7-3-2-4-8-22/h2-10,24H,11-21H2,1H3. The molecule has 6 nitrogen and oxygen atoms in total. The van der Waals surface area contributed by atoms with Crippen molar-refractivity contribution in [2.24, 2.45) is 0 Å². The smallest absolute Gasteiger partial charge is 0.236 e. The maximum Gasteiger partial charge on any atom is 0.236 e. The van der Waals surface area contributed by atoms with E-state index in [1.807, 2.05) is 41.3 Å². The zero-order valence-corrected chi connectivity index (χ0v) is 19.1. The summed E-state index contributed by atoms with van der Waals surface area (Å²) < 4.78 is 11.5. The molecule has 1 amide bonds. The van der Waals surface area contributed by atoms with E-state index in [0.29, 0.717) is 19.3 Å². The second kappa shape index (κ2) is 11.5. The van der Waals surface area contributed by atoms with Crippen molar-refractivity contribution in [3.8, 4) is 5.75 Å². The molecule has 0 radical (unpaired) electrons. The van der Waals surface area contributed by atoms with Crippen LogP contribution in [-0.2, 0) is 22.7 Å². The number of likely N-dealkylation sites (tertiary alicyclic amines) is 1. The molecule has 2 aromatic rings. The number of rotatable bonds is 8. The fraction of sp³-hybridized carbons (Fsp3) is 0.500. The van der Waals surface area contributed by atoms with Gasteiger partial charge in [0.05, 0.1) is 26.4 Å². The molecule has 0 aliphatic carbocycles. The first-order valence-corrected chi connectivity index (χ1v) is 11.7. The molecule has 172 valence electrons. The van der Waals surface area contributed by atoms with Gasteiger partial charge in [0, 0.05) is 51.4 Å². The number of piperidine rings is 1. The second-order valence-electron chi connectivity index (χ2n) is 8.74. The van der Waals surface area contributed by atoms with Crippen molar-refractivity contribution in [3.63, 3.8) is 0 Å². The molecule has 2 saturated heterocycles. The van der Waals surface area contributed by atoms with Gasteiger partial charge in [-0.05, 0) is 24.5 Å². The highest BCUT2D eigenvalue weighted by molar-refractivity contribution is 5.78. The molecule has 0 bridgehead atoms. The topological polar surface area (TPSA) is 45.2 Å². The molecule has 2 aliphatic heterocycles. The predicted molar refractivity (Wildman–Crippen MR) is 126 cm³/mol. The summed E-state index contributed by atoms with van der Waals surface area (Å²) in [6, 6.07) is 18.5. The first-order valence-electron chi connectivity index (χ1n) is 11.7. The van der Waals surface area contributed by atoms with Crippen molar-refractivity contribution in [3.05, 3.63) is 65.7 Å². The van der Waals surface area contributed by atoms with E-state index in [9.17, 15) is 4.79 Å². The van der Waals surface area contributed by atoms with Gasteiger partial charge in [0.15, 0.2) is 0 Å². The minimum Gasteiger partial charge on any atom is -0.496 e. The zero-order valence-electron chi connectivity index (χ0n) is 19.1. The van der Waals surface area contributed by atoms with Gasteiger partial charge in [-0.1, -0.05) is 48.5 Å². The molecule has 0 N–H and O–H groups in total. The van der Waals surface area contributed by atoms with Gasteiger partial charge in [0.1, 0.15) is 5.75 Å². The molecule has 0 saturated carbocycles. The lowest BCUT2D eigenvalue weighted by Gasteiger charge is -2.37. The highest BCUT2D eigenvalue weighted by atomic mass is 16.5. The van der Waals surface area contributed by atoms with E-state index in [1.165, 1.54) is 11.1 Å². The maximum atomic E-state index is 12.8. The molecule has 0 aromatic heterocycles. The number of ether oxygens (including phenoxy) is 2. The van der Waals surface area contributed by atoms with Crippen LogP contribution in [-0.4, -0.2) is 79.6 Å². The van der Waals surface area contributed by atoms with Crippen molar-refractivity contribution < 1.29 is 14.3 Å². The Balaban J connectivity index is 1.15. The van der Waals surface area contributed by atoms with Crippen LogP contribution in [0.3, 0.4) is 0 Å². The summed E-state index contributed by atoms with van der Waals surface area (Å²) in [4.78, 5) is 19.5. The molecule has 4 rings (SSSR count). The fourth-order valence-electron chi connectivity index (χ4n) is 4.54. The van der Waals surface area contributed by atoms with E-state index in [2.05, 4.69) is 28.0 Å². The van der Waals surface area contributed by atoms with E-state index in [0.717, 1.165) is 64.4 Å². The van der Waals surface area contributed by atoms with Crippen molar-refractivity contribution in [1.29, 1.82) is 0 Å². The molecule has 0 spiro atoms. The van der Waals surface area contributed by atoms with E-state index >= 15 is 0 Å². The fourth-order valence-corrected chi connectivity index (χ4v) is 4.54. The van der Waals surface area contributed by atoms with Crippen molar-refractivity contribution in [1.82, 2.24) is 14.7 Å². The average Bonchev–Trinajstić information content (AvgIpc) is 2.85. The lowest BCUT2D eigenvalue weighted by atomic mass is 10.1. The minimum absolute atomic E-state index is 0.255. The van der Waals surface area contributed by atoms with Gasteiger partial charge in [0.2, 0.25) is 5.91 Å². The van der Waals surface area contributed by atoms with Crippen molar-refractivity contribution in [2.45, 2.75) is 32.1 Å². The van der Waals surface area contributed by atoms with Crippen LogP contribution < -0.4 is 4.74 Å². The third-order valence-corrected chi connectivity index (χ3v) is 6.53. The van der Waals surface area contributed by atoms with Crippen LogP contribution in [0.4, 0.5) is 0 Å². The number of nitrogens with zero attached hydrogens (tertiary/aromatic N) is 3. The Bertz CT molecular complexity index is 844. The molecular weight excluding hydrogens is 402 g/mol. The van der Waals surface area contributed by atoms with E-state index in [-0.39, 0.29) is 5.91 Å². The number of amides is 1. The summed E-state index contributed by atoms with van der Waals surface area (Å²) in [6.45, 7) is 7.32. The van der Waals surface area contributed by atoms with Gasteiger partial charge >= 0.3 is 0 Å². The Morgan fingerprint density at radius 2 is 1.56 bits per heavy atom. The average molecular weight is 438 g/mol. The van der Waals surface area contributed by atoms with Crippen LogP contribution in [0.1, 0.15) is 24.0 Å². The second-order valence-corrected chi connectivity index (χ2v) is 8.74. The van der Waals surface area contributed by atoms with Gasteiger partial charge in [-0.2, -0.15) is 0 Å². The first-order chi connectivity index (χ1) is 15.7. The summed E-state index contributed by atoms with van der Waals surface area (Å²) in [5, 5.41) is 0. The molecule has 2 heterocycles. The normalized spacial score (nSPS) is 18.6. The van der Waals surface area contributed by atoms with Crippen molar-refractivity contribution in [2.75, 3.05) is 52.9 Å². The van der Waals surface area contributed by atoms with E-state index in [4.69, 9.17) is 9.47 Å². The Morgan fingerprint density at radius 1 is 0.875 bits per heavy atom. The monoisotopic (exact) mass is 437 g/mol. The molecule has 0 unspecified atom stereocenters. The highest BCUT2D eigenvalue weighted by Crippen LogP contribution is 2.20. The Hall–Kier alpha value is -2.41. The Kier molecular flexibility index (Phi) is 8.15. The third kappa shape index (κ3) is 6.31. The van der Waals surface area contributed by atoms with Crippen LogP contribution in [0.25, 0.3) is 0 Å². The van der Waals surface area contributed by atoms with Crippen LogP contribution in [0, 0.1) is 0 Å². The minimum atomic E-state index is 0.255. The van der Waals surface area contributed by atoms with Crippen molar-refractivity contribution >= 4 is 5.91 Å². The van der Waals surface area contributed by atoms with Gasteiger partial charge in [0.25, 0.3) is 0 Å². The number of benzene rings is 2. The SMILES string of the molecule is COc1ccccc1CN1CCN(C(=O)CN2CCC(OCc3ccccc3)CC2)CC1. The predicted octanol–water partition coefficient (Wildman–Crippen LogP) is 3.02. The number of hydrogen-bond donors (Lipinski definition) is 0. The summed E-state index contributed by atoms with van der Waals surface area (Å²) in [5.41, 5.74) is 2.42. The molecule has 2 aromatic carbocycles. The zero-order chi connectivity index (χ0) is 22.2. The molecule has 6 heteroatoms. The Labute approximate surface area is 191 Å². The maximum absolute atomic E-state index is 12.8. The summed E-state index contributed by atoms with van der Waals surface area (Å²) in [6.07, 6.45) is 2.28. The number of methoxy groups -OCH3 is 1. The number of carbonyl (C=O) groups is 1. The molecule has 32 heavy (non-hydrogen) atoms. The lowest BCUT2D eigenvalue weighted by molar-refractivity contribution is -0.135. The van der Waals surface area contributed by atoms with Gasteiger partial charge in [-0.15, -0.1) is 0 Å². The van der Waals surface area contributed by atoms with E-state index < -0.39 is 0 Å². The number of carbonyl (C=O) groups excluding carboxylic acids is 1. The Morgan fingerprint density at radius 3 is 2.28 bits per heavy atom. The van der Waals surface area contributed by atoms with Crippen LogP contribution in [0.2, 0.25) is 0 Å². The quantitative estimate of drug-likeness (QED) is 0.635. The number of piperazine rings is 1. The largest absolute Gasteiger partial charge is 0.496 e. The van der Waals surface area contributed by atoms with Crippen LogP contribution >= 0.6 is 0 Å². The van der Waals surface area contributed by atoms with Gasteiger partial charge in [-0.25, -0.2) is 0 Å². The molecule has 0 atom stereocenters. The van der Waals surface area contributed by atoms with Gasteiger partial charge in [-0.3, -0.25) is 14.6 Å². The molecular formula is C26H35N3O3. The van der Waals surface area contributed by atoms with E-state index in [1.54, 1.807) is 7.11 Å².